The van der Waals surface area contributed by atoms with E-state index >= 15 is 0 Å². The average molecular weight is 457 g/mol. The van der Waals surface area contributed by atoms with E-state index in [-0.39, 0.29) is 11.4 Å². The molecule has 0 fully saturated rings. The minimum atomic E-state index is -0.451. The fourth-order valence-corrected chi connectivity index (χ4v) is 4.09. The van der Waals surface area contributed by atoms with E-state index in [1.54, 1.807) is 26.2 Å². The summed E-state index contributed by atoms with van der Waals surface area (Å²) >= 11 is 0. The van der Waals surface area contributed by atoms with E-state index in [1.807, 2.05) is 54.7 Å². The molecular formula is C26H24N4O4. The number of nitrogens with zero attached hydrogens (tertiary/aromatic N) is 3. The van der Waals surface area contributed by atoms with E-state index in [9.17, 15) is 4.79 Å². The van der Waals surface area contributed by atoms with Crippen LogP contribution in [0.3, 0.4) is 0 Å². The Bertz CT molecular complexity index is 1380. The van der Waals surface area contributed by atoms with Gasteiger partial charge in [0.1, 0.15) is 5.76 Å². The fraction of sp³-hybridized carbons (Fsp3) is 0.192. The summed E-state index contributed by atoms with van der Waals surface area (Å²) in [6.07, 6.45) is 6.13. The van der Waals surface area contributed by atoms with Gasteiger partial charge in [0.05, 0.1) is 19.3 Å². The van der Waals surface area contributed by atoms with Gasteiger partial charge in [0, 0.05) is 35.3 Å². The maximum atomic E-state index is 12.7. The van der Waals surface area contributed by atoms with Crippen LogP contribution < -0.4 is 9.47 Å². The Morgan fingerprint density at radius 1 is 1.12 bits per heavy atom. The van der Waals surface area contributed by atoms with E-state index in [2.05, 4.69) is 9.56 Å². The lowest BCUT2D eigenvalue weighted by Crippen LogP contribution is -2.38. The molecule has 3 aromatic rings. The van der Waals surface area contributed by atoms with Crippen LogP contribution in [-0.2, 0) is 16.2 Å². The number of ether oxygens (including phenoxy) is 2. The molecule has 3 heterocycles. The van der Waals surface area contributed by atoms with Crippen molar-refractivity contribution in [2.75, 3.05) is 13.7 Å². The number of fused-ring (bicyclic) bond motifs is 2. The molecule has 8 nitrogen and oxygen atoms in total. The van der Waals surface area contributed by atoms with Gasteiger partial charge in [0.2, 0.25) is 0 Å². The molecule has 0 spiro atoms. The molecule has 0 bridgehead atoms. The van der Waals surface area contributed by atoms with Crippen molar-refractivity contribution in [3.63, 3.8) is 0 Å². The largest absolute Gasteiger partial charge is 0.493 e. The van der Waals surface area contributed by atoms with Gasteiger partial charge < -0.3 is 18.9 Å². The van der Waals surface area contributed by atoms with Crippen molar-refractivity contribution in [3.8, 4) is 11.5 Å². The number of rotatable bonds is 7. The third-order valence-electron chi connectivity index (χ3n) is 5.67. The van der Waals surface area contributed by atoms with E-state index in [0.717, 1.165) is 35.2 Å². The van der Waals surface area contributed by atoms with Crippen molar-refractivity contribution in [1.82, 2.24) is 9.63 Å². The molecule has 1 N–H and O–H groups in total. The van der Waals surface area contributed by atoms with Crippen molar-refractivity contribution in [1.29, 1.82) is 5.41 Å². The standard InChI is InChI=1S/C26H24N4O4/c1-17-14-24-28-26(31)20(25(27)30(24)34-17)15-18-16-29(21-9-4-3-8-19(18)21)12-7-13-33-23-11-6-5-10-22(23)32-2/h3-6,8-11,14-16,27H,7,12-13H2,1-2H3/b20-15-,27-25?. The zero-order chi connectivity index (χ0) is 23.7. The van der Waals surface area contributed by atoms with E-state index in [0.29, 0.717) is 24.0 Å². The molecule has 5 rings (SSSR count). The number of para-hydroxylation sites is 3. The predicted octanol–water partition coefficient (Wildman–Crippen LogP) is 4.57. The number of aliphatic imine (C=N–C) groups is 1. The number of nitrogens with one attached hydrogen (secondary N) is 1. The first-order valence-corrected chi connectivity index (χ1v) is 11.0. The van der Waals surface area contributed by atoms with Crippen LogP contribution in [0.15, 0.2) is 77.1 Å². The topological polar surface area (TPSA) is 89.1 Å². The number of amidine groups is 2. The van der Waals surface area contributed by atoms with E-state index in [1.165, 1.54) is 5.06 Å². The molecular weight excluding hydrogens is 432 g/mol. The fourth-order valence-electron chi connectivity index (χ4n) is 4.09. The van der Waals surface area contributed by atoms with E-state index in [4.69, 9.17) is 19.7 Å². The second kappa shape index (κ2) is 8.90. The number of hydrogen-bond acceptors (Lipinski definition) is 5. The molecule has 0 saturated carbocycles. The van der Waals surface area contributed by atoms with Gasteiger partial charge in [-0.05, 0) is 37.6 Å². The number of methoxy groups -OCH3 is 1. The molecule has 1 amide bonds. The number of benzene rings is 2. The molecule has 34 heavy (non-hydrogen) atoms. The van der Waals surface area contributed by atoms with Gasteiger partial charge in [0.25, 0.3) is 5.91 Å². The van der Waals surface area contributed by atoms with Gasteiger partial charge in [0.15, 0.2) is 23.2 Å². The summed E-state index contributed by atoms with van der Waals surface area (Å²) < 4.78 is 13.4. The third kappa shape index (κ3) is 3.94. The van der Waals surface area contributed by atoms with Crippen LogP contribution >= 0.6 is 0 Å². The van der Waals surface area contributed by atoms with Crippen LogP contribution in [0.25, 0.3) is 17.0 Å². The third-order valence-corrected chi connectivity index (χ3v) is 5.67. The summed E-state index contributed by atoms with van der Waals surface area (Å²) in [5.74, 6) is 1.88. The number of aryl methyl sites for hydroxylation is 1. The van der Waals surface area contributed by atoms with Crippen LogP contribution in [0.5, 0.6) is 11.5 Å². The Hall–Kier alpha value is -4.33. The zero-order valence-corrected chi connectivity index (χ0v) is 18.9. The van der Waals surface area contributed by atoms with Crippen molar-refractivity contribution in [2.45, 2.75) is 19.9 Å². The first-order chi connectivity index (χ1) is 16.5. The van der Waals surface area contributed by atoms with Gasteiger partial charge >= 0.3 is 0 Å². The van der Waals surface area contributed by atoms with Crippen LogP contribution in [0, 0.1) is 5.41 Å². The van der Waals surface area contributed by atoms with Crippen LogP contribution in [0.2, 0.25) is 0 Å². The van der Waals surface area contributed by atoms with Gasteiger partial charge in [-0.25, -0.2) is 0 Å². The van der Waals surface area contributed by atoms with Crippen molar-refractivity contribution < 1.29 is 19.1 Å². The minimum absolute atomic E-state index is 0.0230. The summed E-state index contributed by atoms with van der Waals surface area (Å²) in [5, 5.41) is 10.7. The molecule has 0 atom stereocenters. The van der Waals surface area contributed by atoms with Crippen LogP contribution in [0.4, 0.5) is 0 Å². The minimum Gasteiger partial charge on any atom is -0.493 e. The summed E-state index contributed by atoms with van der Waals surface area (Å²) in [7, 11) is 1.63. The summed E-state index contributed by atoms with van der Waals surface area (Å²) in [6.45, 7) is 3.01. The Labute approximate surface area is 196 Å². The lowest BCUT2D eigenvalue weighted by Gasteiger charge is -2.22. The van der Waals surface area contributed by atoms with Gasteiger partial charge in [-0.3, -0.25) is 10.2 Å². The Morgan fingerprint density at radius 2 is 1.88 bits per heavy atom. The highest BCUT2D eigenvalue weighted by Gasteiger charge is 2.34. The molecule has 172 valence electrons. The quantitative estimate of drug-likeness (QED) is 0.416. The molecule has 8 heteroatoms. The molecule has 1 aromatic heterocycles. The normalized spacial score (nSPS) is 16.4. The molecule has 0 unspecified atom stereocenters. The Morgan fingerprint density at radius 3 is 2.71 bits per heavy atom. The highest BCUT2D eigenvalue weighted by molar-refractivity contribution is 6.32. The van der Waals surface area contributed by atoms with Crippen molar-refractivity contribution in [2.24, 2.45) is 4.99 Å². The average Bonchev–Trinajstić information content (AvgIpc) is 3.39. The molecule has 2 aliphatic rings. The lowest BCUT2D eigenvalue weighted by atomic mass is 10.1. The smallest absolute Gasteiger partial charge is 0.282 e. The van der Waals surface area contributed by atoms with Gasteiger partial charge in [-0.1, -0.05) is 30.3 Å². The second-order valence-corrected chi connectivity index (χ2v) is 7.97. The molecule has 0 radical (unpaired) electrons. The highest BCUT2D eigenvalue weighted by atomic mass is 16.7. The van der Waals surface area contributed by atoms with Gasteiger partial charge in [-0.2, -0.15) is 4.99 Å². The van der Waals surface area contributed by atoms with Crippen LogP contribution in [-0.4, -0.2) is 40.9 Å². The number of carbonyl (C=O) groups excluding carboxylic acids is 1. The zero-order valence-electron chi connectivity index (χ0n) is 18.9. The number of hydrogen-bond donors (Lipinski definition) is 1. The number of carbonyl (C=O) groups is 1. The molecule has 2 aromatic carbocycles. The maximum Gasteiger partial charge on any atom is 0.282 e. The first kappa shape index (κ1) is 21.5. The monoisotopic (exact) mass is 456 g/mol. The first-order valence-electron chi connectivity index (χ1n) is 11.0. The summed E-state index contributed by atoms with van der Waals surface area (Å²) in [4.78, 5) is 22.3. The van der Waals surface area contributed by atoms with Crippen molar-refractivity contribution in [3.05, 3.63) is 77.7 Å². The SMILES string of the molecule is COc1ccccc1OCCCn1cc(/C=C2/C(=N)N3OC(C)=CC3=NC2=O)c2ccccc21. The van der Waals surface area contributed by atoms with E-state index < -0.39 is 5.91 Å². The molecule has 0 saturated heterocycles. The summed E-state index contributed by atoms with van der Waals surface area (Å²) in [6, 6.07) is 15.6. The Balaban J connectivity index is 1.36. The second-order valence-electron chi connectivity index (χ2n) is 7.97. The van der Waals surface area contributed by atoms with Gasteiger partial charge in [-0.15, -0.1) is 5.06 Å². The number of aromatic nitrogens is 1. The number of hydroxylamine groups is 2. The molecule has 2 aliphatic heterocycles. The highest BCUT2D eigenvalue weighted by Crippen LogP contribution is 2.28. The van der Waals surface area contributed by atoms with Crippen molar-refractivity contribution >= 4 is 34.6 Å². The number of allylic oxidation sites excluding steroid dienone is 1. The Kier molecular flexibility index (Phi) is 5.63. The number of amides is 1. The lowest BCUT2D eigenvalue weighted by molar-refractivity contribution is -0.114. The predicted molar refractivity (Wildman–Crippen MR) is 130 cm³/mol. The maximum absolute atomic E-state index is 12.7. The molecule has 0 aliphatic carbocycles. The van der Waals surface area contributed by atoms with Crippen LogP contribution in [0.1, 0.15) is 18.9 Å². The summed E-state index contributed by atoms with van der Waals surface area (Å²) in [5.41, 5.74) is 2.08.